The van der Waals surface area contributed by atoms with Crippen molar-refractivity contribution in [3.63, 3.8) is 0 Å². The number of benzene rings is 3. The van der Waals surface area contributed by atoms with Gasteiger partial charge in [-0.15, -0.1) is 11.8 Å². The Kier molecular flexibility index (Phi) is 6.33. The lowest BCUT2D eigenvalue weighted by molar-refractivity contribution is -0.137. The lowest BCUT2D eigenvalue weighted by Crippen LogP contribution is -2.28. The molecule has 0 saturated carbocycles. The van der Waals surface area contributed by atoms with Gasteiger partial charge in [-0.3, -0.25) is 14.5 Å². The summed E-state index contributed by atoms with van der Waals surface area (Å²) in [7, 11) is 1.55. The van der Waals surface area contributed by atoms with Gasteiger partial charge >= 0.3 is 6.18 Å². The molecule has 2 amide bonds. The molecule has 1 heterocycles. The molecule has 1 fully saturated rings. The van der Waals surface area contributed by atoms with Gasteiger partial charge < -0.3 is 10.1 Å². The molecule has 0 bridgehead atoms. The van der Waals surface area contributed by atoms with Crippen LogP contribution in [0.2, 0.25) is 0 Å². The van der Waals surface area contributed by atoms with Crippen LogP contribution in [0.25, 0.3) is 0 Å². The van der Waals surface area contributed by atoms with Crippen molar-refractivity contribution in [2.75, 3.05) is 23.1 Å². The molecule has 4 rings (SSSR count). The van der Waals surface area contributed by atoms with E-state index in [1.807, 2.05) is 18.2 Å². The molecule has 33 heavy (non-hydrogen) atoms. The maximum absolute atomic E-state index is 12.7. The average molecular weight is 472 g/mol. The molecule has 1 unspecified atom stereocenters. The van der Waals surface area contributed by atoms with Crippen molar-refractivity contribution in [3.8, 4) is 5.75 Å². The Balaban J connectivity index is 1.50. The molecule has 1 saturated heterocycles. The number of thioether (sulfide) groups is 1. The van der Waals surface area contributed by atoms with Crippen LogP contribution >= 0.6 is 11.8 Å². The highest BCUT2D eigenvalue weighted by atomic mass is 32.2. The molecule has 3 aromatic carbocycles. The zero-order valence-corrected chi connectivity index (χ0v) is 18.2. The number of para-hydroxylation sites is 2. The van der Waals surface area contributed by atoms with E-state index in [2.05, 4.69) is 5.32 Å². The zero-order valence-electron chi connectivity index (χ0n) is 17.4. The Hall–Kier alpha value is -3.46. The average Bonchev–Trinajstić information content (AvgIpc) is 3.20. The van der Waals surface area contributed by atoms with Crippen molar-refractivity contribution < 1.29 is 27.5 Å². The number of carbonyl (C=O) groups is 2. The Morgan fingerprint density at radius 1 is 1.03 bits per heavy atom. The van der Waals surface area contributed by atoms with Gasteiger partial charge in [0.05, 0.1) is 24.1 Å². The maximum Gasteiger partial charge on any atom is 0.416 e. The van der Waals surface area contributed by atoms with Crippen molar-refractivity contribution in [2.24, 2.45) is 0 Å². The summed E-state index contributed by atoms with van der Waals surface area (Å²) in [6, 6.07) is 18.3. The first-order valence-electron chi connectivity index (χ1n) is 9.93. The highest BCUT2D eigenvalue weighted by Crippen LogP contribution is 2.44. The van der Waals surface area contributed by atoms with Gasteiger partial charge in [0.15, 0.2) is 0 Å². The highest BCUT2D eigenvalue weighted by Gasteiger charge is 2.35. The molecule has 3 aromatic rings. The van der Waals surface area contributed by atoms with Gasteiger partial charge in [-0.25, -0.2) is 0 Å². The summed E-state index contributed by atoms with van der Waals surface area (Å²) in [4.78, 5) is 26.7. The fourth-order valence-electron chi connectivity index (χ4n) is 3.50. The Bertz CT molecular complexity index is 1160. The molecule has 0 spiro atoms. The fourth-order valence-corrected chi connectivity index (χ4v) is 4.67. The quantitative estimate of drug-likeness (QED) is 0.514. The van der Waals surface area contributed by atoms with E-state index in [1.54, 1.807) is 42.3 Å². The monoisotopic (exact) mass is 472 g/mol. The van der Waals surface area contributed by atoms with Gasteiger partial charge in [-0.1, -0.05) is 24.3 Å². The lowest BCUT2D eigenvalue weighted by atomic mass is 10.1. The van der Waals surface area contributed by atoms with E-state index in [4.69, 9.17) is 4.74 Å². The number of ether oxygens (including phenoxy) is 1. The summed E-state index contributed by atoms with van der Waals surface area (Å²) in [5, 5.41) is 2.42. The number of methoxy groups -OCH3 is 1. The summed E-state index contributed by atoms with van der Waals surface area (Å²) in [6.45, 7) is 0. The fraction of sp³-hybridized carbons (Fsp3) is 0.167. The SMILES string of the molecule is COc1ccccc1N1C(=O)CSC1c1ccc(NC(=O)c2ccc(C(F)(F)F)cc2)cc1. The van der Waals surface area contributed by atoms with Crippen LogP contribution in [-0.4, -0.2) is 24.7 Å². The van der Waals surface area contributed by atoms with E-state index < -0.39 is 17.6 Å². The van der Waals surface area contributed by atoms with E-state index >= 15 is 0 Å². The first-order chi connectivity index (χ1) is 15.8. The number of hydrogen-bond donors (Lipinski definition) is 1. The molecule has 0 aromatic heterocycles. The second kappa shape index (κ2) is 9.19. The number of amides is 2. The number of hydrogen-bond acceptors (Lipinski definition) is 4. The van der Waals surface area contributed by atoms with Gasteiger partial charge in [-0.2, -0.15) is 13.2 Å². The Morgan fingerprint density at radius 2 is 1.70 bits per heavy atom. The second-order valence-corrected chi connectivity index (χ2v) is 8.32. The van der Waals surface area contributed by atoms with Gasteiger partial charge in [0, 0.05) is 11.3 Å². The van der Waals surface area contributed by atoms with Crippen LogP contribution in [0.4, 0.5) is 24.5 Å². The number of alkyl halides is 3. The van der Waals surface area contributed by atoms with E-state index in [-0.39, 0.29) is 16.8 Å². The summed E-state index contributed by atoms with van der Waals surface area (Å²) in [6.07, 6.45) is -4.46. The third kappa shape index (κ3) is 4.83. The standard InChI is InChI=1S/C24H19F3N2O3S/c1-32-20-5-3-2-4-19(20)29-21(30)14-33-23(29)16-8-12-18(13-9-16)28-22(31)15-6-10-17(11-7-15)24(25,26)27/h2-13,23H,14H2,1H3,(H,28,31). The smallest absolute Gasteiger partial charge is 0.416 e. The number of halogens is 3. The molecule has 1 aliphatic heterocycles. The normalized spacial score (nSPS) is 16.1. The predicted molar refractivity (Wildman–Crippen MR) is 122 cm³/mol. The first kappa shape index (κ1) is 22.7. The molecule has 1 N–H and O–H groups in total. The molecule has 0 radical (unpaired) electrons. The van der Waals surface area contributed by atoms with Crippen molar-refractivity contribution in [2.45, 2.75) is 11.6 Å². The molecule has 1 atom stereocenters. The molecule has 1 aliphatic rings. The van der Waals surface area contributed by atoms with Crippen molar-refractivity contribution in [1.82, 2.24) is 0 Å². The summed E-state index contributed by atoms with van der Waals surface area (Å²) in [5.41, 5.74) is 1.34. The maximum atomic E-state index is 12.7. The Morgan fingerprint density at radius 3 is 2.33 bits per heavy atom. The van der Waals surface area contributed by atoms with Crippen LogP contribution in [-0.2, 0) is 11.0 Å². The second-order valence-electron chi connectivity index (χ2n) is 7.25. The zero-order chi connectivity index (χ0) is 23.6. The molecule has 5 nitrogen and oxygen atoms in total. The minimum Gasteiger partial charge on any atom is -0.495 e. The van der Waals surface area contributed by atoms with Crippen molar-refractivity contribution in [3.05, 3.63) is 89.5 Å². The number of anilines is 2. The van der Waals surface area contributed by atoms with Crippen LogP contribution in [0.5, 0.6) is 5.75 Å². The third-order valence-corrected chi connectivity index (χ3v) is 6.35. The van der Waals surface area contributed by atoms with Crippen LogP contribution in [0.15, 0.2) is 72.8 Å². The molecule has 0 aliphatic carbocycles. The van der Waals surface area contributed by atoms with Crippen LogP contribution in [0, 0.1) is 0 Å². The highest BCUT2D eigenvalue weighted by molar-refractivity contribution is 8.00. The van der Waals surface area contributed by atoms with Gasteiger partial charge in [0.25, 0.3) is 5.91 Å². The molecular formula is C24H19F3N2O3S. The minimum atomic E-state index is -4.46. The van der Waals surface area contributed by atoms with Crippen molar-refractivity contribution >= 4 is 35.0 Å². The van der Waals surface area contributed by atoms with E-state index in [0.29, 0.717) is 22.9 Å². The van der Waals surface area contributed by atoms with Gasteiger partial charge in [-0.05, 0) is 54.1 Å². The predicted octanol–water partition coefficient (Wildman–Crippen LogP) is 5.74. The summed E-state index contributed by atoms with van der Waals surface area (Å²) < 4.78 is 43.5. The van der Waals surface area contributed by atoms with Crippen molar-refractivity contribution in [1.29, 1.82) is 0 Å². The molecular weight excluding hydrogens is 453 g/mol. The third-order valence-electron chi connectivity index (χ3n) is 5.14. The van der Waals surface area contributed by atoms with Gasteiger partial charge in [0.1, 0.15) is 11.1 Å². The first-order valence-corrected chi connectivity index (χ1v) is 11.0. The minimum absolute atomic E-state index is 0.0332. The number of rotatable bonds is 5. The van der Waals surface area contributed by atoms with E-state index in [9.17, 15) is 22.8 Å². The summed E-state index contributed by atoms with van der Waals surface area (Å²) in [5.74, 6) is 0.375. The number of nitrogens with zero attached hydrogens (tertiary/aromatic N) is 1. The van der Waals surface area contributed by atoms with Crippen LogP contribution < -0.4 is 15.0 Å². The molecule has 170 valence electrons. The number of nitrogens with one attached hydrogen (secondary N) is 1. The van der Waals surface area contributed by atoms with Crippen LogP contribution in [0.3, 0.4) is 0 Å². The van der Waals surface area contributed by atoms with E-state index in [1.165, 1.54) is 11.8 Å². The van der Waals surface area contributed by atoms with Crippen LogP contribution in [0.1, 0.15) is 26.9 Å². The number of carbonyl (C=O) groups excluding carboxylic acids is 2. The largest absolute Gasteiger partial charge is 0.495 e. The van der Waals surface area contributed by atoms with Gasteiger partial charge in [0.2, 0.25) is 5.91 Å². The lowest BCUT2D eigenvalue weighted by Gasteiger charge is -2.26. The molecule has 9 heteroatoms. The Labute approximate surface area is 192 Å². The summed E-state index contributed by atoms with van der Waals surface area (Å²) >= 11 is 1.49. The van der Waals surface area contributed by atoms with E-state index in [0.717, 1.165) is 29.8 Å². The topological polar surface area (TPSA) is 58.6 Å².